The summed E-state index contributed by atoms with van der Waals surface area (Å²) in [6, 6.07) is 9.72. The van der Waals surface area contributed by atoms with E-state index in [1.54, 1.807) is 9.80 Å². The number of carbonyl (C=O) groups is 2. The third-order valence-electron chi connectivity index (χ3n) is 6.83. The molecule has 2 unspecified atom stereocenters. The number of para-hydroxylation sites is 1. The normalized spacial score (nSPS) is 25.5. The van der Waals surface area contributed by atoms with E-state index in [2.05, 4.69) is 4.98 Å². The molecule has 30 heavy (non-hydrogen) atoms. The number of fused-ring (bicyclic) bond motifs is 1. The summed E-state index contributed by atoms with van der Waals surface area (Å²) < 4.78 is 5.74. The maximum atomic E-state index is 13.2. The number of carbonyl (C=O) groups excluding carboxylic acids is 2. The Labute approximate surface area is 183 Å². The van der Waals surface area contributed by atoms with Gasteiger partial charge >= 0.3 is 0 Å². The highest BCUT2D eigenvalue weighted by molar-refractivity contribution is 5.98. The summed E-state index contributed by atoms with van der Waals surface area (Å²) in [5.74, 6) is -0.0627. The zero-order chi connectivity index (χ0) is 20.8. The lowest BCUT2D eigenvalue weighted by atomic mass is 9.54. The Morgan fingerprint density at radius 3 is 2.40 bits per heavy atom. The van der Waals surface area contributed by atoms with Gasteiger partial charge in [0, 0.05) is 55.5 Å². The van der Waals surface area contributed by atoms with Crippen LogP contribution in [0.25, 0.3) is 10.9 Å². The highest BCUT2D eigenvalue weighted by Gasteiger charge is 2.63. The molecule has 1 saturated carbocycles. The highest BCUT2D eigenvalue weighted by Crippen LogP contribution is 2.50. The van der Waals surface area contributed by atoms with Crippen LogP contribution < -0.4 is 5.73 Å². The monoisotopic (exact) mass is 434 g/mol. The van der Waals surface area contributed by atoms with Gasteiger partial charge in [0.05, 0.1) is 6.10 Å². The first-order valence-electron chi connectivity index (χ1n) is 10.3. The molecule has 1 aliphatic carbocycles. The molecular formula is C22H31ClN4O3. The molecule has 0 spiro atoms. The number of benzene rings is 1. The third-order valence-corrected chi connectivity index (χ3v) is 6.83. The Bertz CT molecular complexity index is 902. The zero-order valence-corrected chi connectivity index (χ0v) is 18.6. The molecule has 2 amide bonds. The van der Waals surface area contributed by atoms with E-state index in [0.717, 1.165) is 10.9 Å². The molecule has 2 fully saturated rings. The first-order chi connectivity index (χ1) is 13.8. The van der Waals surface area contributed by atoms with Crippen LogP contribution in [0.5, 0.6) is 0 Å². The van der Waals surface area contributed by atoms with Crippen LogP contribution in [0, 0.1) is 5.41 Å². The van der Waals surface area contributed by atoms with Crippen molar-refractivity contribution in [1.29, 1.82) is 0 Å². The maximum Gasteiger partial charge on any atom is 0.270 e. The SMILES string of the molecule is CCOC1CC(N)(C(=O)N2CCN(C(=O)c3cc4ccccc4[nH]3)CC2)C1(C)C.Cl. The summed E-state index contributed by atoms with van der Waals surface area (Å²) >= 11 is 0. The van der Waals surface area contributed by atoms with Crippen molar-refractivity contribution in [1.82, 2.24) is 14.8 Å². The number of nitrogens with two attached hydrogens (primary N) is 1. The lowest BCUT2D eigenvalue weighted by Crippen LogP contribution is -2.76. The molecule has 1 aromatic heterocycles. The number of hydrogen-bond acceptors (Lipinski definition) is 4. The Hall–Kier alpha value is -2.09. The van der Waals surface area contributed by atoms with Gasteiger partial charge in [-0.3, -0.25) is 9.59 Å². The lowest BCUT2D eigenvalue weighted by molar-refractivity contribution is -0.180. The highest BCUT2D eigenvalue weighted by atomic mass is 35.5. The lowest BCUT2D eigenvalue weighted by Gasteiger charge is -2.59. The second-order valence-electron chi connectivity index (χ2n) is 8.70. The minimum Gasteiger partial charge on any atom is -0.378 e. The summed E-state index contributed by atoms with van der Waals surface area (Å²) in [6.07, 6.45) is 0.548. The largest absolute Gasteiger partial charge is 0.378 e. The van der Waals surface area contributed by atoms with Crippen LogP contribution in [-0.2, 0) is 9.53 Å². The number of rotatable bonds is 4. The Balaban J connectivity index is 0.00000256. The van der Waals surface area contributed by atoms with Crippen molar-refractivity contribution in [2.75, 3.05) is 32.8 Å². The molecule has 2 aromatic rings. The number of piperazine rings is 1. The van der Waals surface area contributed by atoms with Gasteiger partial charge in [-0.1, -0.05) is 32.0 Å². The first-order valence-corrected chi connectivity index (χ1v) is 10.3. The molecule has 1 aromatic carbocycles. The van der Waals surface area contributed by atoms with E-state index in [4.69, 9.17) is 10.5 Å². The van der Waals surface area contributed by atoms with Crippen LogP contribution in [-0.4, -0.2) is 71.0 Å². The van der Waals surface area contributed by atoms with Gasteiger partial charge in [0.1, 0.15) is 11.2 Å². The Kier molecular flexibility index (Phi) is 6.18. The molecule has 1 aliphatic heterocycles. The second kappa shape index (κ2) is 8.21. The van der Waals surface area contributed by atoms with Crippen LogP contribution in [0.15, 0.2) is 30.3 Å². The summed E-state index contributed by atoms with van der Waals surface area (Å²) in [6.45, 7) is 8.59. The molecule has 1 saturated heterocycles. The average molecular weight is 435 g/mol. The number of hydrogen-bond donors (Lipinski definition) is 2. The van der Waals surface area contributed by atoms with Gasteiger partial charge in [-0.05, 0) is 19.1 Å². The summed E-state index contributed by atoms with van der Waals surface area (Å²) in [5, 5.41) is 1.02. The van der Waals surface area contributed by atoms with Gasteiger partial charge < -0.3 is 25.3 Å². The summed E-state index contributed by atoms with van der Waals surface area (Å²) in [4.78, 5) is 32.8. The third kappa shape index (κ3) is 3.49. The minimum absolute atomic E-state index is 0. The number of nitrogens with one attached hydrogen (secondary N) is 1. The molecule has 8 heteroatoms. The fraction of sp³-hybridized carbons (Fsp3) is 0.545. The number of aromatic nitrogens is 1. The van der Waals surface area contributed by atoms with E-state index in [9.17, 15) is 9.59 Å². The van der Waals surface area contributed by atoms with Gasteiger partial charge in [-0.2, -0.15) is 0 Å². The van der Waals surface area contributed by atoms with Crippen LogP contribution in [0.1, 0.15) is 37.7 Å². The molecule has 4 rings (SSSR count). The van der Waals surface area contributed by atoms with Crippen molar-refractivity contribution in [3.05, 3.63) is 36.0 Å². The number of amides is 2. The fourth-order valence-corrected chi connectivity index (χ4v) is 4.55. The number of halogens is 1. The number of H-pyrrole nitrogens is 1. The predicted molar refractivity (Wildman–Crippen MR) is 119 cm³/mol. The molecule has 2 aliphatic rings. The van der Waals surface area contributed by atoms with Crippen LogP contribution >= 0.6 is 12.4 Å². The van der Waals surface area contributed by atoms with Gasteiger partial charge in [0.25, 0.3) is 5.91 Å². The molecule has 3 N–H and O–H groups in total. The van der Waals surface area contributed by atoms with Crippen molar-refractivity contribution in [2.24, 2.45) is 11.1 Å². The van der Waals surface area contributed by atoms with Crippen molar-refractivity contribution in [3.8, 4) is 0 Å². The zero-order valence-electron chi connectivity index (χ0n) is 17.8. The van der Waals surface area contributed by atoms with Crippen LogP contribution in [0.2, 0.25) is 0 Å². The molecular weight excluding hydrogens is 404 g/mol. The first kappa shape index (κ1) is 22.6. The second-order valence-corrected chi connectivity index (χ2v) is 8.70. The molecule has 164 valence electrons. The predicted octanol–water partition coefficient (Wildman–Crippen LogP) is 2.41. The smallest absolute Gasteiger partial charge is 0.270 e. The number of nitrogens with zero attached hydrogens (tertiary/aromatic N) is 2. The quantitative estimate of drug-likeness (QED) is 0.772. The van der Waals surface area contributed by atoms with Crippen molar-refractivity contribution >= 4 is 35.1 Å². The standard InChI is InChI=1S/C22H30N4O3.ClH/c1-4-29-18-14-22(23,21(18,2)3)20(28)26-11-9-25(10-12-26)19(27)17-13-15-7-5-6-8-16(15)24-17;/h5-8,13,18,24H,4,9-12,14,23H2,1-3H3;1H. The maximum absolute atomic E-state index is 13.2. The summed E-state index contributed by atoms with van der Waals surface area (Å²) in [5.41, 5.74) is 6.77. The van der Waals surface area contributed by atoms with Crippen molar-refractivity contribution < 1.29 is 14.3 Å². The topological polar surface area (TPSA) is 91.7 Å². The van der Waals surface area contributed by atoms with Gasteiger partial charge in [0.2, 0.25) is 5.91 Å². The van der Waals surface area contributed by atoms with Crippen LogP contribution in [0.3, 0.4) is 0 Å². The van der Waals surface area contributed by atoms with E-state index in [1.807, 2.05) is 51.1 Å². The van der Waals surface area contributed by atoms with Gasteiger partial charge in [-0.25, -0.2) is 0 Å². The minimum atomic E-state index is -0.907. The van der Waals surface area contributed by atoms with E-state index >= 15 is 0 Å². The Morgan fingerprint density at radius 2 is 1.80 bits per heavy atom. The van der Waals surface area contributed by atoms with Gasteiger partial charge in [-0.15, -0.1) is 12.4 Å². The average Bonchev–Trinajstić information content (AvgIpc) is 3.16. The molecule has 7 nitrogen and oxygen atoms in total. The van der Waals surface area contributed by atoms with Crippen LogP contribution in [0.4, 0.5) is 0 Å². The van der Waals surface area contributed by atoms with E-state index in [0.29, 0.717) is 44.9 Å². The summed E-state index contributed by atoms with van der Waals surface area (Å²) in [7, 11) is 0. The molecule has 0 bridgehead atoms. The van der Waals surface area contributed by atoms with Gasteiger partial charge in [0.15, 0.2) is 0 Å². The molecule has 0 radical (unpaired) electrons. The van der Waals surface area contributed by atoms with E-state index in [-0.39, 0.29) is 30.3 Å². The fourth-order valence-electron chi connectivity index (χ4n) is 4.55. The Morgan fingerprint density at radius 1 is 1.17 bits per heavy atom. The van der Waals surface area contributed by atoms with E-state index in [1.165, 1.54) is 0 Å². The van der Waals surface area contributed by atoms with Crippen molar-refractivity contribution in [2.45, 2.75) is 38.8 Å². The van der Waals surface area contributed by atoms with E-state index < -0.39 is 11.0 Å². The molecule has 2 atom stereocenters. The number of ether oxygens (including phenoxy) is 1. The van der Waals surface area contributed by atoms with Crippen molar-refractivity contribution in [3.63, 3.8) is 0 Å². The molecule has 2 heterocycles. The number of aromatic amines is 1.